The Morgan fingerprint density at radius 2 is 2.03 bits per heavy atom. The van der Waals surface area contributed by atoms with E-state index in [0.29, 0.717) is 19.1 Å². The summed E-state index contributed by atoms with van der Waals surface area (Å²) in [6.07, 6.45) is 2.18. The molecule has 8 heteroatoms. The van der Waals surface area contributed by atoms with Crippen molar-refractivity contribution in [3.8, 4) is 11.1 Å². The molecule has 1 aromatic heterocycles. The van der Waals surface area contributed by atoms with E-state index < -0.39 is 0 Å². The molecule has 0 spiro atoms. The molecule has 2 amide bonds. The molecule has 2 aliphatic rings. The van der Waals surface area contributed by atoms with Crippen LogP contribution in [0.25, 0.3) is 11.1 Å². The van der Waals surface area contributed by atoms with Crippen molar-refractivity contribution in [1.82, 2.24) is 9.88 Å². The highest BCUT2D eigenvalue weighted by atomic mass is 16.5. The summed E-state index contributed by atoms with van der Waals surface area (Å²) in [5.41, 5.74) is 3.96. The number of anilines is 3. The van der Waals surface area contributed by atoms with Gasteiger partial charge < -0.3 is 30.3 Å². The minimum Gasteiger partial charge on any atom is -0.394 e. The molecule has 4 rings (SSSR count). The first kappa shape index (κ1) is 24.3. The second-order valence-corrected chi connectivity index (χ2v) is 9.40. The van der Waals surface area contributed by atoms with E-state index in [4.69, 9.17) is 9.72 Å². The summed E-state index contributed by atoms with van der Waals surface area (Å²) < 4.78 is 5.51. The minimum absolute atomic E-state index is 0.0225. The Morgan fingerprint density at radius 1 is 1.24 bits per heavy atom. The van der Waals surface area contributed by atoms with Crippen LogP contribution in [0.3, 0.4) is 0 Å². The number of hydrogen-bond donors (Lipinski definition) is 3. The van der Waals surface area contributed by atoms with Gasteiger partial charge in [0, 0.05) is 37.9 Å². The third-order valence-electron chi connectivity index (χ3n) is 6.77. The number of urea groups is 1. The maximum Gasteiger partial charge on any atom is 0.321 e. The molecule has 2 fully saturated rings. The topological polar surface area (TPSA) is 90.0 Å². The van der Waals surface area contributed by atoms with Gasteiger partial charge in [0.05, 0.1) is 19.8 Å². The van der Waals surface area contributed by atoms with E-state index in [1.54, 1.807) is 0 Å². The maximum absolute atomic E-state index is 12.8. The quantitative estimate of drug-likeness (QED) is 0.571. The molecular weight excluding hydrogens is 430 g/mol. The van der Waals surface area contributed by atoms with Gasteiger partial charge in [0.1, 0.15) is 11.6 Å². The van der Waals surface area contributed by atoms with Crippen molar-refractivity contribution in [3.05, 3.63) is 35.9 Å². The van der Waals surface area contributed by atoms with E-state index in [2.05, 4.69) is 35.4 Å². The number of aryl methyl sites for hydroxylation is 1. The van der Waals surface area contributed by atoms with Crippen LogP contribution < -0.4 is 15.5 Å². The summed E-state index contributed by atoms with van der Waals surface area (Å²) in [7, 11) is 0. The monoisotopic (exact) mass is 467 g/mol. The van der Waals surface area contributed by atoms with Gasteiger partial charge in [-0.1, -0.05) is 19.4 Å². The third kappa shape index (κ3) is 5.80. The number of likely N-dealkylation sites (tertiary alicyclic amines) is 1. The molecule has 0 radical (unpaired) electrons. The summed E-state index contributed by atoms with van der Waals surface area (Å²) in [5, 5.41) is 15.9. The number of ether oxygens (including phenoxy) is 1. The molecule has 8 nitrogen and oxygen atoms in total. The number of aromatic nitrogens is 1. The number of pyridine rings is 1. The molecule has 0 bridgehead atoms. The van der Waals surface area contributed by atoms with Crippen LogP contribution in [0.5, 0.6) is 0 Å². The SMILES string of the molecule is CC[C@@H]1CCN(C(=O)Nc2ccc(C)c(-c3cc(N[C@H](C)CO)nc(N4CCOCC4)c3)c2)C1. The van der Waals surface area contributed by atoms with Crippen LogP contribution in [-0.2, 0) is 4.74 Å². The van der Waals surface area contributed by atoms with E-state index in [9.17, 15) is 9.90 Å². The standard InChI is InChI=1S/C26H37N5O3/c1-4-20-7-8-31(16-20)26(33)28-22-6-5-18(2)23(15-22)21-13-24(27-19(3)17-32)29-25(14-21)30-9-11-34-12-10-30/h5-6,13-15,19-20,32H,4,7-12,16-17H2,1-3H3,(H,27,29)(H,28,33)/t19-,20-/m1/s1. The summed E-state index contributed by atoms with van der Waals surface area (Å²) in [5.74, 6) is 2.20. The van der Waals surface area contributed by atoms with E-state index >= 15 is 0 Å². The van der Waals surface area contributed by atoms with Crippen molar-refractivity contribution in [2.45, 2.75) is 39.7 Å². The molecule has 2 saturated heterocycles. The first-order valence-electron chi connectivity index (χ1n) is 12.4. The zero-order valence-electron chi connectivity index (χ0n) is 20.5. The molecule has 3 N–H and O–H groups in total. The number of carbonyl (C=O) groups excluding carboxylic acids is 1. The highest BCUT2D eigenvalue weighted by Crippen LogP contribution is 2.32. The lowest BCUT2D eigenvalue weighted by Crippen LogP contribution is -2.37. The lowest BCUT2D eigenvalue weighted by atomic mass is 10.00. The van der Waals surface area contributed by atoms with Crippen molar-refractivity contribution in [2.75, 3.05) is 61.5 Å². The predicted octanol–water partition coefficient (Wildman–Crippen LogP) is 3.95. The average molecular weight is 468 g/mol. The molecule has 2 aliphatic heterocycles. The lowest BCUT2D eigenvalue weighted by molar-refractivity contribution is 0.122. The van der Waals surface area contributed by atoms with Crippen LogP contribution in [0.15, 0.2) is 30.3 Å². The predicted molar refractivity (Wildman–Crippen MR) is 137 cm³/mol. The van der Waals surface area contributed by atoms with E-state index in [0.717, 1.165) is 73.0 Å². The minimum atomic E-state index is -0.112. The van der Waals surface area contributed by atoms with Crippen LogP contribution in [0, 0.1) is 12.8 Å². The highest BCUT2D eigenvalue weighted by molar-refractivity contribution is 5.91. The fraction of sp³-hybridized carbons (Fsp3) is 0.538. The van der Waals surface area contributed by atoms with Crippen molar-refractivity contribution >= 4 is 23.4 Å². The average Bonchev–Trinajstić information content (AvgIpc) is 3.35. The molecule has 2 atom stereocenters. The van der Waals surface area contributed by atoms with E-state index in [-0.39, 0.29) is 18.7 Å². The number of nitrogens with one attached hydrogen (secondary N) is 2. The Morgan fingerprint density at radius 3 is 2.74 bits per heavy atom. The molecule has 2 aromatic rings. The number of morpholine rings is 1. The van der Waals surface area contributed by atoms with Gasteiger partial charge in [0.25, 0.3) is 0 Å². The van der Waals surface area contributed by atoms with Gasteiger partial charge in [0.2, 0.25) is 0 Å². The Hall–Kier alpha value is -2.84. The van der Waals surface area contributed by atoms with Gasteiger partial charge in [-0.25, -0.2) is 9.78 Å². The highest BCUT2D eigenvalue weighted by Gasteiger charge is 2.25. The Kier molecular flexibility index (Phi) is 7.90. The number of rotatable bonds is 7. The summed E-state index contributed by atoms with van der Waals surface area (Å²) in [6.45, 7) is 10.8. The number of carbonyl (C=O) groups is 1. The van der Waals surface area contributed by atoms with Gasteiger partial charge in [0.15, 0.2) is 0 Å². The first-order chi connectivity index (χ1) is 16.5. The van der Waals surface area contributed by atoms with E-state index in [1.807, 2.05) is 36.1 Å². The molecule has 0 saturated carbocycles. The van der Waals surface area contributed by atoms with Crippen molar-refractivity contribution in [3.63, 3.8) is 0 Å². The molecule has 184 valence electrons. The van der Waals surface area contributed by atoms with Gasteiger partial charge in [-0.15, -0.1) is 0 Å². The zero-order chi connectivity index (χ0) is 24.1. The molecular formula is C26H37N5O3. The van der Waals surface area contributed by atoms with Gasteiger partial charge in [-0.05, 0) is 67.1 Å². The van der Waals surface area contributed by atoms with Crippen molar-refractivity contribution < 1.29 is 14.6 Å². The molecule has 0 aliphatic carbocycles. The summed E-state index contributed by atoms with van der Waals surface area (Å²) in [6, 6.07) is 10.0. The second-order valence-electron chi connectivity index (χ2n) is 9.40. The number of amides is 2. The first-order valence-corrected chi connectivity index (χ1v) is 12.4. The fourth-order valence-electron chi connectivity index (χ4n) is 4.56. The largest absolute Gasteiger partial charge is 0.394 e. The molecule has 3 heterocycles. The third-order valence-corrected chi connectivity index (χ3v) is 6.77. The van der Waals surface area contributed by atoms with Crippen molar-refractivity contribution in [2.24, 2.45) is 5.92 Å². The number of hydrogen-bond acceptors (Lipinski definition) is 6. The van der Waals surface area contributed by atoms with Gasteiger partial charge >= 0.3 is 6.03 Å². The summed E-state index contributed by atoms with van der Waals surface area (Å²) >= 11 is 0. The van der Waals surface area contributed by atoms with Crippen molar-refractivity contribution in [1.29, 1.82) is 0 Å². The Bertz CT molecular complexity index is 992. The van der Waals surface area contributed by atoms with Crippen LogP contribution in [-0.4, -0.2) is 73.1 Å². The van der Waals surface area contributed by atoms with Crippen LogP contribution in [0.4, 0.5) is 22.1 Å². The smallest absolute Gasteiger partial charge is 0.321 e. The normalized spacial score (nSPS) is 19.2. The number of aliphatic hydroxyl groups is 1. The fourth-order valence-corrected chi connectivity index (χ4v) is 4.56. The number of nitrogens with zero attached hydrogens (tertiary/aromatic N) is 3. The lowest BCUT2D eigenvalue weighted by Gasteiger charge is -2.29. The van der Waals surface area contributed by atoms with Crippen LogP contribution >= 0.6 is 0 Å². The summed E-state index contributed by atoms with van der Waals surface area (Å²) in [4.78, 5) is 21.8. The number of benzene rings is 1. The molecule has 0 unspecified atom stereocenters. The Balaban J connectivity index is 1.61. The number of aliphatic hydroxyl groups excluding tert-OH is 1. The molecule has 34 heavy (non-hydrogen) atoms. The van der Waals surface area contributed by atoms with Gasteiger partial charge in [-0.3, -0.25) is 0 Å². The Labute approximate surface area is 202 Å². The van der Waals surface area contributed by atoms with E-state index in [1.165, 1.54) is 0 Å². The maximum atomic E-state index is 12.8. The van der Waals surface area contributed by atoms with Gasteiger partial charge in [-0.2, -0.15) is 0 Å². The second kappa shape index (κ2) is 11.1. The zero-order valence-corrected chi connectivity index (χ0v) is 20.5. The molecule has 1 aromatic carbocycles. The van der Waals surface area contributed by atoms with Crippen LogP contribution in [0.2, 0.25) is 0 Å². The van der Waals surface area contributed by atoms with Crippen LogP contribution in [0.1, 0.15) is 32.3 Å².